The van der Waals surface area contributed by atoms with Crippen LogP contribution in [0.2, 0.25) is 0 Å². The van der Waals surface area contributed by atoms with E-state index in [4.69, 9.17) is 9.78 Å². The molecular formula is C27H42O3. The lowest BCUT2D eigenvalue weighted by molar-refractivity contribution is -0.497. The van der Waals surface area contributed by atoms with Crippen LogP contribution in [-0.2, 0) is 9.78 Å². The highest BCUT2D eigenvalue weighted by atomic mass is 17.2. The van der Waals surface area contributed by atoms with Gasteiger partial charge in [0.15, 0.2) is 0 Å². The van der Waals surface area contributed by atoms with Gasteiger partial charge in [-0.15, -0.1) is 0 Å². The first-order valence-electron chi connectivity index (χ1n) is 12.6. The minimum Gasteiger partial charge on any atom is -0.393 e. The van der Waals surface area contributed by atoms with Crippen molar-refractivity contribution in [3.05, 3.63) is 24.3 Å². The van der Waals surface area contributed by atoms with Crippen molar-refractivity contribution >= 4 is 0 Å². The molecule has 4 fully saturated rings. The molecule has 3 nitrogen and oxygen atoms in total. The molecule has 2 bridgehead atoms. The molecule has 1 saturated heterocycles. The summed E-state index contributed by atoms with van der Waals surface area (Å²) in [4.78, 5) is 12.7. The fourth-order valence-corrected chi connectivity index (χ4v) is 8.27. The number of aliphatic hydroxyl groups is 1. The maximum Gasteiger partial charge on any atom is 0.130 e. The lowest BCUT2D eigenvalue weighted by atomic mass is 9.43. The second kappa shape index (κ2) is 6.93. The predicted molar refractivity (Wildman–Crippen MR) is 120 cm³/mol. The van der Waals surface area contributed by atoms with E-state index in [-0.39, 0.29) is 17.1 Å². The minimum atomic E-state index is -0.432. The summed E-state index contributed by atoms with van der Waals surface area (Å²) in [5.74, 6) is 3.13. The maximum atomic E-state index is 10.4. The zero-order valence-corrected chi connectivity index (χ0v) is 19.7. The quantitative estimate of drug-likeness (QED) is 0.438. The summed E-state index contributed by atoms with van der Waals surface area (Å²) in [6.07, 6.45) is 18.2. The van der Waals surface area contributed by atoms with Gasteiger partial charge in [-0.1, -0.05) is 52.8 Å². The summed E-state index contributed by atoms with van der Waals surface area (Å²) in [5, 5.41) is 10.4. The molecule has 0 radical (unpaired) electrons. The fourth-order valence-electron chi connectivity index (χ4n) is 8.27. The van der Waals surface area contributed by atoms with Gasteiger partial charge in [0, 0.05) is 23.7 Å². The Hall–Kier alpha value is -0.640. The van der Waals surface area contributed by atoms with Crippen molar-refractivity contribution in [2.24, 2.45) is 40.4 Å². The largest absolute Gasteiger partial charge is 0.393 e. The van der Waals surface area contributed by atoms with Crippen LogP contribution in [0.1, 0.15) is 86.0 Å². The van der Waals surface area contributed by atoms with Gasteiger partial charge < -0.3 is 5.11 Å². The van der Waals surface area contributed by atoms with Crippen molar-refractivity contribution in [1.82, 2.24) is 0 Å². The van der Waals surface area contributed by atoms with E-state index in [9.17, 15) is 5.11 Å². The highest BCUT2D eigenvalue weighted by Gasteiger charge is 2.74. The smallest absolute Gasteiger partial charge is 0.130 e. The predicted octanol–water partition coefficient (Wildman–Crippen LogP) is 6.23. The van der Waals surface area contributed by atoms with Crippen LogP contribution >= 0.6 is 0 Å². The van der Waals surface area contributed by atoms with E-state index in [0.29, 0.717) is 35.5 Å². The lowest BCUT2D eigenvalue weighted by Gasteiger charge is -2.69. The molecule has 0 aromatic heterocycles. The topological polar surface area (TPSA) is 38.7 Å². The molecule has 4 aliphatic carbocycles. The van der Waals surface area contributed by atoms with Crippen molar-refractivity contribution in [2.45, 2.75) is 103 Å². The zero-order valence-electron chi connectivity index (χ0n) is 19.7. The molecule has 6 rings (SSSR count). The van der Waals surface area contributed by atoms with E-state index < -0.39 is 5.60 Å². The van der Waals surface area contributed by atoms with Crippen molar-refractivity contribution in [3.8, 4) is 0 Å². The highest BCUT2D eigenvalue weighted by molar-refractivity contribution is 5.33. The molecule has 2 aliphatic heterocycles. The van der Waals surface area contributed by atoms with E-state index >= 15 is 0 Å². The third-order valence-corrected chi connectivity index (χ3v) is 10.7. The summed E-state index contributed by atoms with van der Waals surface area (Å²) in [6, 6.07) is 0. The molecule has 9 unspecified atom stereocenters. The number of allylic oxidation sites excluding steroid dienone is 2. The Balaban J connectivity index is 1.42. The molecular weight excluding hydrogens is 372 g/mol. The molecule has 3 heteroatoms. The van der Waals surface area contributed by atoms with Gasteiger partial charge in [0.1, 0.15) is 11.2 Å². The van der Waals surface area contributed by atoms with Crippen molar-refractivity contribution < 1.29 is 14.9 Å². The van der Waals surface area contributed by atoms with Gasteiger partial charge in [0.25, 0.3) is 0 Å². The zero-order chi connectivity index (χ0) is 21.4. The van der Waals surface area contributed by atoms with E-state index in [2.05, 4.69) is 58.9 Å². The van der Waals surface area contributed by atoms with Gasteiger partial charge in [-0.25, -0.2) is 9.78 Å². The van der Waals surface area contributed by atoms with E-state index in [0.717, 1.165) is 18.8 Å². The van der Waals surface area contributed by atoms with Gasteiger partial charge in [-0.05, 0) is 74.2 Å². The number of rotatable bonds is 4. The molecule has 2 spiro atoms. The molecule has 6 aliphatic rings. The normalized spacial score (nSPS) is 53.0. The van der Waals surface area contributed by atoms with Crippen LogP contribution < -0.4 is 0 Å². The molecule has 1 N–H and O–H groups in total. The van der Waals surface area contributed by atoms with Crippen LogP contribution in [-0.4, -0.2) is 22.4 Å². The summed E-state index contributed by atoms with van der Waals surface area (Å²) < 4.78 is 0. The summed E-state index contributed by atoms with van der Waals surface area (Å²) in [5.41, 5.74) is -0.309. The monoisotopic (exact) mass is 414 g/mol. The van der Waals surface area contributed by atoms with E-state index in [1.165, 1.54) is 32.1 Å². The first-order chi connectivity index (χ1) is 14.2. The van der Waals surface area contributed by atoms with Crippen molar-refractivity contribution in [2.75, 3.05) is 0 Å². The first kappa shape index (κ1) is 21.2. The van der Waals surface area contributed by atoms with Crippen LogP contribution in [0.25, 0.3) is 0 Å². The Labute approximate surface area is 183 Å². The third kappa shape index (κ3) is 2.67. The lowest BCUT2D eigenvalue weighted by Crippen LogP contribution is -2.73. The molecule has 30 heavy (non-hydrogen) atoms. The van der Waals surface area contributed by atoms with Gasteiger partial charge in [0.05, 0.1) is 6.10 Å². The Morgan fingerprint density at radius 1 is 1.00 bits per heavy atom. The third-order valence-electron chi connectivity index (χ3n) is 10.7. The van der Waals surface area contributed by atoms with Crippen LogP contribution in [0.5, 0.6) is 0 Å². The van der Waals surface area contributed by atoms with Crippen LogP contribution in [0.3, 0.4) is 0 Å². The Morgan fingerprint density at radius 3 is 2.50 bits per heavy atom. The fraction of sp³-hybridized carbons (Fsp3) is 0.852. The average Bonchev–Trinajstić information content (AvgIpc) is 3.05. The Morgan fingerprint density at radius 2 is 1.80 bits per heavy atom. The molecule has 3 saturated carbocycles. The molecule has 0 aromatic rings. The Kier molecular flexibility index (Phi) is 4.90. The van der Waals surface area contributed by atoms with Crippen LogP contribution in [0, 0.1) is 40.4 Å². The standard InChI is InChI=1S/C27H42O3/c1-18(2)19(3)7-6-8-20-9-10-22-24(20,4)13-12-23-25(5)14-11-21(28)17-26(25)15-16-27(22,23)30-29-26/h6-7,15-16,18-23,28H,8-14,17H2,1-5H3. The number of hydrogen-bond donors (Lipinski definition) is 1. The molecule has 9 atom stereocenters. The highest BCUT2D eigenvalue weighted by Crippen LogP contribution is 2.72. The SMILES string of the molecule is CC(C)C(C)C=CCC1CCC2C1(C)CCC1C23C=CC2(CC(O)CCC12C)OO3. The van der Waals surface area contributed by atoms with Crippen molar-refractivity contribution in [3.63, 3.8) is 0 Å². The second-order valence-electron chi connectivity index (χ2n) is 12.2. The molecule has 168 valence electrons. The first-order valence-corrected chi connectivity index (χ1v) is 12.6. The van der Waals surface area contributed by atoms with E-state index in [1.807, 2.05) is 0 Å². The van der Waals surface area contributed by atoms with Gasteiger partial charge >= 0.3 is 0 Å². The molecule has 0 amide bonds. The van der Waals surface area contributed by atoms with Gasteiger partial charge in [0.2, 0.25) is 0 Å². The van der Waals surface area contributed by atoms with Crippen LogP contribution in [0.15, 0.2) is 24.3 Å². The molecule has 0 aromatic carbocycles. The van der Waals surface area contributed by atoms with Crippen LogP contribution in [0.4, 0.5) is 0 Å². The number of fused-ring (bicyclic) bond motifs is 2. The van der Waals surface area contributed by atoms with Gasteiger partial charge in [-0.2, -0.15) is 0 Å². The van der Waals surface area contributed by atoms with E-state index in [1.54, 1.807) is 0 Å². The van der Waals surface area contributed by atoms with Gasteiger partial charge in [-0.3, -0.25) is 0 Å². The average molecular weight is 415 g/mol. The number of hydrogen-bond acceptors (Lipinski definition) is 3. The maximum absolute atomic E-state index is 10.4. The summed E-state index contributed by atoms with van der Waals surface area (Å²) in [6.45, 7) is 11.9. The second-order valence-corrected chi connectivity index (χ2v) is 12.2. The summed E-state index contributed by atoms with van der Waals surface area (Å²) in [7, 11) is 0. The van der Waals surface area contributed by atoms with Crippen molar-refractivity contribution in [1.29, 1.82) is 0 Å². The minimum absolute atomic E-state index is 0.0746. The Bertz CT molecular complexity index is 742. The molecule has 2 heterocycles. The summed E-state index contributed by atoms with van der Waals surface area (Å²) >= 11 is 0. The number of aliphatic hydroxyl groups excluding tert-OH is 1.